The molecule has 0 unspecified atom stereocenters. The molecule has 96 valence electrons. The van der Waals surface area contributed by atoms with Gasteiger partial charge in [0.15, 0.2) is 0 Å². The maximum atomic E-state index is 11.9. The minimum Gasteiger partial charge on any atom is -0.492 e. The van der Waals surface area contributed by atoms with Gasteiger partial charge in [-0.3, -0.25) is 0 Å². The first-order valence-electron chi connectivity index (χ1n) is 5.38. The number of rotatable bonds is 0. The molecule has 0 radical (unpaired) electrons. The molecule has 0 aliphatic heterocycles. The lowest BCUT2D eigenvalue weighted by Gasteiger charge is -2.19. The predicted molar refractivity (Wildman–Crippen MR) is 70.7 cm³/mol. The molecule has 0 saturated heterocycles. The number of fused-ring (bicyclic) bond motifs is 1. The highest BCUT2D eigenvalue weighted by atomic mass is 79.9. The summed E-state index contributed by atoms with van der Waals surface area (Å²) in [5.74, 6) is -0.197. The zero-order chi connectivity index (χ0) is 13.5. The normalized spacial score (nSPS) is 11.8. The van der Waals surface area contributed by atoms with Crippen molar-refractivity contribution in [3.8, 4) is 5.88 Å². The molecule has 2 rings (SSSR count). The third-order valence-corrected chi connectivity index (χ3v) is 2.68. The molecule has 0 spiro atoms. The molecule has 0 fully saturated rings. The second-order valence-corrected chi connectivity index (χ2v) is 5.79. The van der Waals surface area contributed by atoms with Gasteiger partial charge in [0, 0.05) is 4.47 Å². The van der Waals surface area contributed by atoms with Crippen molar-refractivity contribution >= 4 is 32.9 Å². The molecular weight excluding hydrogens is 300 g/mol. The summed E-state index contributed by atoms with van der Waals surface area (Å²) in [5, 5.41) is 14.0. The molecule has 0 amide bonds. The fraction of sp³-hybridized carbons (Fsp3) is 0.333. The number of aromatic hydroxyl groups is 1. The van der Waals surface area contributed by atoms with Gasteiger partial charge in [0.25, 0.3) is 0 Å². The van der Waals surface area contributed by atoms with Crippen LogP contribution in [0.2, 0.25) is 0 Å². The fourth-order valence-corrected chi connectivity index (χ4v) is 1.88. The summed E-state index contributed by atoms with van der Waals surface area (Å²) in [5.41, 5.74) is -0.106. The molecule has 5 nitrogen and oxygen atoms in total. The maximum absolute atomic E-state index is 11.9. The summed E-state index contributed by atoms with van der Waals surface area (Å²) in [6.07, 6.45) is -0.616. The topological polar surface area (TPSA) is 64.4 Å². The number of nitrogens with zero attached hydrogens (tertiary/aromatic N) is 2. The summed E-state index contributed by atoms with van der Waals surface area (Å²) in [6.45, 7) is 5.31. The van der Waals surface area contributed by atoms with Crippen LogP contribution in [-0.4, -0.2) is 26.6 Å². The van der Waals surface area contributed by atoms with E-state index in [9.17, 15) is 9.90 Å². The minimum atomic E-state index is -0.616. The van der Waals surface area contributed by atoms with Gasteiger partial charge in [-0.15, -0.1) is 5.10 Å². The van der Waals surface area contributed by atoms with E-state index < -0.39 is 11.7 Å². The van der Waals surface area contributed by atoms with E-state index >= 15 is 0 Å². The number of carbonyl (C=O) groups excluding carboxylic acids is 1. The first-order valence-corrected chi connectivity index (χ1v) is 6.18. The van der Waals surface area contributed by atoms with Crippen molar-refractivity contribution in [1.29, 1.82) is 0 Å². The zero-order valence-corrected chi connectivity index (χ0v) is 11.9. The Balaban J connectivity index is 2.49. The smallest absolute Gasteiger partial charge is 0.435 e. The molecule has 0 saturated carbocycles. The van der Waals surface area contributed by atoms with E-state index in [1.54, 1.807) is 39.0 Å². The largest absolute Gasteiger partial charge is 0.492 e. The lowest BCUT2D eigenvalue weighted by Crippen LogP contribution is -2.27. The van der Waals surface area contributed by atoms with Crippen molar-refractivity contribution in [2.75, 3.05) is 0 Å². The van der Waals surface area contributed by atoms with Crippen molar-refractivity contribution in [1.82, 2.24) is 9.78 Å². The van der Waals surface area contributed by atoms with Gasteiger partial charge in [0.1, 0.15) is 5.60 Å². The molecule has 1 N–H and O–H groups in total. The highest BCUT2D eigenvalue weighted by Gasteiger charge is 2.21. The van der Waals surface area contributed by atoms with E-state index in [1.807, 2.05) is 0 Å². The van der Waals surface area contributed by atoms with Crippen LogP contribution in [0.4, 0.5) is 4.79 Å². The highest BCUT2D eigenvalue weighted by molar-refractivity contribution is 9.10. The quantitative estimate of drug-likeness (QED) is 0.810. The van der Waals surface area contributed by atoms with Crippen LogP contribution in [-0.2, 0) is 4.74 Å². The molecule has 0 bridgehead atoms. The monoisotopic (exact) mass is 312 g/mol. The Bertz CT molecular complexity index is 614. The van der Waals surface area contributed by atoms with E-state index in [0.29, 0.717) is 10.9 Å². The van der Waals surface area contributed by atoms with Crippen molar-refractivity contribution in [3.05, 3.63) is 22.7 Å². The van der Waals surface area contributed by atoms with Gasteiger partial charge < -0.3 is 9.84 Å². The Labute approximate surface area is 112 Å². The van der Waals surface area contributed by atoms with Crippen LogP contribution in [0.5, 0.6) is 5.88 Å². The lowest BCUT2D eigenvalue weighted by molar-refractivity contribution is 0.0520. The van der Waals surface area contributed by atoms with Crippen LogP contribution in [0.25, 0.3) is 10.9 Å². The number of hydrogen-bond acceptors (Lipinski definition) is 4. The summed E-state index contributed by atoms with van der Waals surface area (Å²) >= 11 is 3.30. The van der Waals surface area contributed by atoms with Gasteiger partial charge in [-0.2, -0.15) is 4.68 Å². The van der Waals surface area contributed by atoms with Crippen LogP contribution in [0, 0.1) is 0 Å². The summed E-state index contributed by atoms with van der Waals surface area (Å²) < 4.78 is 7.07. The number of aromatic nitrogens is 2. The molecule has 1 heterocycles. The second kappa shape index (κ2) is 4.28. The molecule has 1 aromatic heterocycles. The van der Waals surface area contributed by atoms with Crippen LogP contribution in [0.3, 0.4) is 0 Å². The summed E-state index contributed by atoms with van der Waals surface area (Å²) in [7, 11) is 0. The average molecular weight is 313 g/mol. The number of carbonyl (C=O) groups is 1. The van der Waals surface area contributed by atoms with E-state index in [4.69, 9.17) is 4.74 Å². The Morgan fingerprint density at radius 2 is 2.11 bits per heavy atom. The standard InChI is InChI=1S/C12H13BrN2O3/c1-12(2,3)18-11(17)15-9-5-4-7(13)6-8(9)10(16)14-15/h4-6H,1-3H3,(H,14,16). The van der Waals surface area contributed by atoms with E-state index in [-0.39, 0.29) is 5.88 Å². The second-order valence-electron chi connectivity index (χ2n) is 4.88. The number of halogens is 1. The molecule has 18 heavy (non-hydrogen) atoms. The summed E-state index contributed by atoms with van der Waals surface area (Å²) in [6, 6.07) is 5.15. The van der Waals surface area contributed by atoms with Crippen molar-refractivity contribution in [2.24, 2.45) is 0 Å². The van der Waals surface area contributed by atoms with Crippen LogP contribution in [0.15, 0.2) is 22.7 Å². The summed E-state index contributed by atoms with van der Waals surface area (Å²) in [4.78, 5) is 11.9. The molecule has 0 aliphatic carbocycles. The van der Waals surface area contributed by atoms with E-state index in [0.717, 1.165) is 9.15 Å². The zero-order valence-electron chi connectivity index (χ0n) is 10.3. The van der Waals surface area contributed by atoms with Gasteiger partial charge in [-0.05, 0) is 39.0 Å². The Hall–Kier alpha value is -1.56. The third-order valence-electron chi connectivity index (χ3n) is 2.19. The predicted octanol–water partition coefficient (Wildman–Crippen LogP) is 3.29. The Morgan fingerprint density at radius 1 is 1.44 bits per heavy atom. The molecule has 2 aromatic rings. The van der Waals surface area contributed by atoms with Crippen molar-refractivity contribution < 1.29 is 14.6 Å². The SMILES string of the molecule is CC(C)(C)OC(=O)n1nc(O)c2cc(Br)ccc21. The Kier molecular flexibility index (Phi) is 3.06. The fourth-order valence-electron chi connectivity index (χ4n) is 1.52. The average Bonchev–Trinajstić information content (AvgIpc) is 2.54. The van der Waals surface area contributed by atoms with Gasteiger partial charge in [-0.25, -0.2) is 4.79 Å². The molecule has 6 heteroatoms. The molecule has 1 aromatic carbocycles. The van der Waals surface area contributed by atoms with Crippen molar-refractivity contribution in [2.45, 2.75) is 26.4 Å². The molecule has 0 aliphatic rings. The number of hydrogen-bond donors (Lipinski definition) is 1. The number of ether oxygens (including phenoxy) is 1. The minimum absolute atomic E-state index is 0.197. The van der Waals surface area contributed by atoms with Gasteiger partial charge in [0.05, 0.1) is 10.9 Å². The van der Waals surface area contributed by atoms with E-state index in [1.165, 1.54) is 0 Å². The lowest BCUT2D eigenvalue weighted by atomic mass is 10.2. The maximum Gasteiger partial charge on any atom is 0.435 e. The van der Waals surface area contributed by atoms with Crippen LogP contribution in [0.1, 0.15) is 20.8 Å². The van der Waals surface area contributed by atoms with Gasteiger partial charge in [-0.1, -0.05) is 15.9 Å². The van der Waals surface area contributed by atoms with E-state index in [2.05, 4.69) is 21.0 Å². The van der Waals surface area contributed by atoms with Crippen molar-refractivity contribution in [3.63, 3.8) is 0 Å². The van der Waals surface area contributed by atoms with Gasteiger partial charge >= 0.3 is 6.09 Å². The first-order chi connectivity index (χ1) is 8.28. The molecular formula is C12H13BrN2O3. The van der Waals surface area contributed by atoms with Gasteiger partial charge in [0.2, 0.25) is 5.88 Å². The van der Waals surface area contributed by atoms with Crippen LogP contribution < -0.4 is 0 Å². The Morgan fingerprint density at radius 3 is 2.72 bits per heavy atom. The van der Waals surface area contributed by atoms with Crippen LogP contribution >= 0.6 is 15.9 Å². The third kappa shape index (κ3) is 2.48. The highest BCUT2D eigenvalue weighted by Crippen LogP contribution is 2.27. The number of benzene rings is 1. The molecule has 0 atom stereocenters. The first kappa shape index (κ1) is 12.9.